The van der Waals surface area contributed by atoms with Crippen molar-refractivity contribution < 1.29 is 19.1 Å². The van der Waals surface area contributed by atoms with Gasteiger partial charge in [-0.3, -0.25) is 9.59 Å². The lowest BCUT2D eigenvalue weighted by Crippen LogP contribution is -2.40. The minimum atomic E-state index is -0.554. The zero-order valence-electron chi connectivity index (χ0n) is 8.49. The van der Waals surface area contributed by atoms with E-state index in [0.717, 1.165) is 6.42 Å². The van der Waals surface area contributed by atoms with Gasteiger partial charge in [0.2, 0.25) is 0 Å². The van der Waals surface area contributed by atoms with Crippen LogP contribution in [0.25, 0.3) is 0 Å². The van der Waals surface area contributed by atoms with Gasteiger partial charge in [-0.1, -0.05) is 6.42 Å². The summed E-state index contributed by atoms with van der Waals surface area (Å²) in [4.78, 5) is 34.7. The van der Waals surface area contributed by atoms with Gasteiger partial charge >= 0.3 is 5.97 Å². The molecule has 2 rings (SSSR count). The van der Waals surface area contributed by atoms with Gasteiger partial charge in [0.05, 0.1) is 24.5 Å². The Morgan fingerprint density at radius 1 is 1.33 bits per heavy atom. The van der Waals surface area contributed by atoms with Crippen molar-refractivity contribution in [3.05, 3.63) is 11.6 Å². The number of fused-ring (bicyclic) bond motifs is 2. The molecule has 4 heteroatoms. The number of methoxy groups -OCH3 is 1. The van der Waals surface area contributed by atoms with E-state index in [1.165, 1.54) is 13.2 Å². The van der Waals surface area contributed by atoms with Gasteiger partial charge in [-0.25, -0.2) is 4.79 Å². The summed E-state index contributed by atoms with van der Waals surface area (Å²) in [5, 5.41) is 0. The lowest BCUT2D eigenvalue weighted by Gasteiger charge is -2.30. The fourth-order valence-corrected chi connectivity index (χ4v) is 2.32. The highest BCUT2D eigenvalue weighted by molar-refractivity contribution is 6.17. The molecule has 0 aromatic heterocycles. The summed E-state index contributed by atoms with van der Waals surface area (Å²) in [6.07, 6.45) is 3.39. The Bertz CT molecular complexity index is 367. The first kappa shape index (κ1) is 10.1. The number of carbonyl (C=O) groups excluding carboxylic acids is 3. The Balaban J connectivity index is 2.39. The molecule has 0 amide bonds. The second-order valence-corrected chi connectivity index (χ2v) is 3.93. The number of rotatable bonds is 1. The highest BCUT2D eigenvalue weighted by atomic mass is 16.5. The van der Waals surface area contributed by atoms with E-state index in [0.29, 0.717) is 12.8 Å². The molecule has 0 spiro atoms. The molecule has 0 aromatic carbocycles. The van der Waals surface area contributed by atoms with Crippen LogP contribution in [0, 0.1) is 11.8 Å². The van der Waals surface area contributed by atoms with Crippen molar-refractivity contribution in [2.45, 2.75) is 19.3 Å². The summed E-state index contributed by atoms with van der Waals surface area (Å²) < 4.78 is 4.57. The quantitative estimate of drug-likeness (QED) is 0.469. The molecule has 15 heavy (non-hydrogen) atoms. The summed E-state index contributed by atoms with van der Waals surface area (Å²) in [5.41, 5.74) is 0.239. The van der Waals surface area contributed by atoms with Crippen molar-refractivity contribution in [2.75, 3.05) is 7.11 Å². The Kier molecular flexibility index (Phi) is 2.42. The molecule has 0 aliphatic heterocycles. The highest BCUT2D eigenvalue weighted by Gasteiger charge is 2.43. The molecule has 80 valence electrons. The van der Waals surface area contributed by atoms with Gasteiger partial charge in [0.1, 0.15) is 0 Å². The Morgan fingerprint density at radius 3 is 2.67 bits per heavy atom. The van der Waals surface area contributed by atoms with Gasteiger partial charge in [-0.2, -0.15) is 0 Å². The Labute approximate surface area is 87.3 Å². The van der Waals surface area contributed by atoms with Crippen molar-refractivity contribution in [1.29, 1.82) is 0 Å². The van der Waals surface area contributed by atoms with Crippen LogP contribution in [0.15, 0.2) is 11.6 Å². The Hall–Kier alpha value is -1.45. The van der Waals surface area contributed by atoms with Crippen LogP contribution in [-0.4, -0.2) is 24.6 Å². The first-order valence-corrected chi connectivity index (χ1v) is 5.02. The van der Waals surface area contributed by atoms with Crippen LogP contribution >= 0.6 is 0 Å². The summed E-state index contributed by atoms with van der Waals surface area (Å²) in [7, 11) is 1.26. The van der Waals surface area contributed by atoms with Crippen molar-refractivity contribution in [3.63, 3.8) is 0 Å². The van der Waals surface area contributed by atoms with Crippen LogP contribution in [0.5, 0.6) is 0 Å². The molecular formula is C11H12O4. The third-order valence-corrected chi connectivity index (χ3v) is 3.11. The van der Waals surface area contributed by atoms with E-state index in [-0.39, 0.29) is 17.1 Å². The molecule has 1 saturated carbocycles. The summed E-state index contributed by atoms with van der Waals surface area (Å²) in [5.74, 6) is -1.81. The molecule has 0 aromatic rings. The van der Waals surface area contributed by atoms with E-state index in [4.69, 9.17) is 0 Å². The van der Waals surface area contributed by atoms with Gasteiger partial charge < -0.3 is 4.74 Å². The molecule has 0 unspecified atom stereocenters. The van der Waals surface area contributed by atoms with E-state index in [9.17, 15) is 14.4 Å². The number of esters is 1. The zero-order valence-corrected chi connectivity index (χ0v) is 8.49. The molecule has 4 nitrogen and oxygen atoms in total. The third-order valence-electron chi connectivity index (χ3n) is 3.11. The minimum absolute atomic E-state index is 0.103. The average Bonchev–Trinajstić information content (AvgIpc) is 2.22. The predicted octanol–water partition coefficient (Wildman–Crippen LogP) is 0.654. The number of allylic oxidation sites excluding steroid dienone is 1. The van der Waals surface area contributed by atoms with Crippen LogP contribution < -0.4 is 0 Å². The number of Topliss-reactive ketones (excluding diaryl/α,β-unsaturated/α-hetero) is 1. The van der Waals surface area contributed by atoms with Crippen molar-refractivity contribution >= 4 is 17.5 Å². The molecule has 2 aliphatic rings. The van der Waals surface area contributed by atoms with Crippen LogP contribution in [-0.2, 0) is 19.1 Å². The fourth-order valence-electron chi connectivity index (χ4n) is 2.32. The number of carbonyl (C=O) groups is 3. The van der Waals surface area contributed by atoms with Crippen LogP contribution in [0.2, 0.25) is 0 Å². The smallest absolute Gasteiger partial charge is 0.334 e. The molecular weight excluding hydrogens is 196 g/mol. The third kappa shape index (κ3) is 1.50. The summed E-state index contributed by atoms with van der Waals surface area (Å²) in [6.45, 7) is 0. The molecule has 0 saturated heterocycles. The first-order valence-electron chi connectivity index (χ1n) is 5.02. The summed E-state index contributed by atoms with van der Waals surface area (Å²) >= 11 is 0. The Morgan fingerprint density at radius 2 is 2.00 bits per heavy atom. The van der Waals surface area contributed by atoms with E-state index in [1.54, 1.807) is 0 Å². The number of hydrogen-bond donors (Lipinski definition) is 0. The molecule has 0 N–H and O–H groups in total. The SMILES string of the molecule is COC(=O)C1=CC(=O)[C@H]2CCC[C@@H]1C2=O. The van der Waals surface area contributed by atoms with Crippen molar-refractivity contribution in [1.82, 2.24) is 0 Å². The fraction of sp³-hybridized carbons (Fsp3) is 0.545. The van der Waals surface area contributed by atoms with E-state index in [1.807, 2.05) is 0 Å². The maximum atomic E-state index is 11.8. The van der Waals surface area contributed by atoms with Gasteiger partial charge in [-0.05, 0) is 18.9 Å². The maximum Gasteiger partial charge on any atom is 0.334 e. The van der Waals surface area contributed by atoms with E-state index >= 15 is 0 Å². The number of ether oxygens (including phenoxy) is 1. The molecule has 2 aliphatic carbocycles. The normalized spacial score (nSPS) is 29.8. The van der Waals surface area contributed by atoms with Crippen LogP contribution in [0.4, 0.5) is 0 Å². The van der Waals surface area contributed by atoms with Gasteiger partial charge in [0.25, 0.3) is 0 Å². The molecule has 2 bridgehead atoms. The van der Waals surface area contributed by atoms with Crippen molar-refractivity contribution in [2.24, 2.45) is 11.8 Å². The monoisotopic (exact) mass is 208 g/mol. The van der Waals surface area contributed by atoms with Gasteiger partial charge in [-0.15, -0.1) is 0 Å². The van der Waals surface area contributed by atoms with E-state index in [2.05, 4.69) is 4.74 Å². The zero-order chi connectivity index (χ0) is 11.0. The molecule has 0 radical (unpaired) electrons. The lowest BCUT2D eigenvalue weighted by atomic mass is 9.70. The van der Waals surface area contributed by atoms with E-state index < -0.39 is 17.8 Å². The first-order chi connectivity index (χ1) is 7.15. The second kappa shape index (κ2) is 3.61. The van der Waals surface area contributed by atoms with Crippen LogP contribution in [0.1, 0.15) is 19.3 Å². The summed E-state index contributed by atoms with van der Waals surface area (Å²) in [6, 6.07) is 0. The maximum absolute atomic E-state index is 11.8. The number of hydrogen-bond acceptors (Lipinski definition) is 4. The minimum Gasteiger partial charge on any atom is -0.466 e. The standard InChI is InChI=1S/C11H12O4/c1-15-11(14)8-5-9(12)7-4-2-3-6(8)10(7)13/h5-7H,2-4H2,1H3/t6-,7+/m0/s1. The topological polar surface area (TPSA) is 60.4 Å². The predicted molar refractivity (Wildman–Crippen MR) is 50.9 cm³/mol. The number of ketones is 2. The van der Waals surface area contributed by atoms with Gasteiger partial charge in [0.15, 0.2) is 11.6 Å². The molecule has 1 fully saturated rings. The highest BCUT2D eigenvalue weighted by Crippen LogP contribution is 2.35. The van der Waals surface area contributed by atoms with Crippen LogP contribution in [0.3, 0.4) is 0 Å². The lowest BCUT2D eigenvalue weighted by molar-refractivity contribution is -0.142. The van der Waals surface area contributed by atoms with Crippen molar-refractivity contribution in [3.8, 4) is 0 Å². The molecule has 0 heterocycles. The average molecular weight is 208 g/mol. The molecule has 2 atom stereocenters. The second-order valence-electron chi connectivity index (χ2n) is 3.93. The largest absolute Gasteiger partial charge is 0.466 e. The van der Waals surface area contributed by atoms with Gasteiger partial charge in [0, 0.05) is 0 Å².